The van der Waals surface area contributed by atoms with E-state index in [1.165, 1.54) is 0 Å². The molecule has 2 heterocycles. The molecule has 3 aromatic rings. The maximum Gasteiger partial charge on any atom is 0.255 e. The number of hydrogen-bond donors (Lipinski definition) is 2. The van der Waals surface area contributed by atoms with Gasteiger partial charge in [-0.3, -0.25) is 9.69 Å². The molecule has 0 aliphatic carbocycles. The first-order valence-corrected chi connectivity index (χ1v) is 10.8. The van der Waals surface area contributed by atoms with Crippen molar-refractivity contribution in [2.24, 2.45) is 0 Å². The summed E-state index contributed by atoms with van der Waals surface area (Å²) in [6.07, 6.45) is 1.61. The first-order chi connectivity index (χ1) is 16.1. The van der Waals surface area contributed by atoms with Gasteiger partial charge in [-0.1, -0.05) is 24.3 Å². The Morgan fingerprint density at radius 3 is 2.70 bits per heavy atom. The highest BCUT2D eigenvalue weighted by atomic mass is 16.5. The number of nitrogens with one attached hydrogen (secondary N) is 1. The Labute approximate surface area is 193 Å². The van der Waals surface area contributed by atoms with Gasteiger partial charge in [0.1, 0.15) is 12.4 Å². The molecule has 0 saturated carbocycles. The zero-order chi connectivity index (χ0) is 23.0. The Morgan fingerprint density at radius 2 is 1.91 bits per heavy atom. The average Bonchev–Trinajstić information content (AvgIpc) is 2.85. The van der Waals surface area contributed by atoms with Gasteiger partial charge < -0.3 is 25.3 Å². The molecule has 1 fully saturated rings. The van der Waals surface area contributed by atoms with E-state index < -0.39 is 0 Å². The van der Waals surface area contributed by atoms with Gasteiger partial charge in [0.15, 0.2) is 11.6 Å². The van der Waals surface area contributed by atoms with Crippen molar-refractivity contribution in [3.05, 3.63) is 77.5 Å². The van der Waals surface area contributed by atoms with Crippen LogP contribution in [0.15, 0.2) is 60.8 Å². The van der Waals surface area contributed by atoms with Crippen LogP contribution in [0.25, 0.3) is 0 Å². The SMILES string of the molecule is COc1cc(C(=O)Nc2ccccc2COc2cccnc2N)ccc1CN1CCOCC1. The van der Waals surface area contributed by atoms with Crippen molar-refractivity contribution in [1.29, 1.82) is 0 Å². The molecule has 1 amide bonds. The summed E-state index contributed by atoms with van der Waals surface area (Å²) in [5, 5.41) is 2.98. The molecule has 4 rings (SSSR count). The van der Waals surface area contributed by atoms with Crippen LogP contribution in [0.1, 0.15) is 21.5 Å². The number of hydrogen-bond acceptors (Lipinski definition) is 7. The third-order valence-corrected chi connectivity index (χ3v) is 5.50. The molecular weight excluding hydrogens is 420 g/mol. The van der Waals surface area contributed by atoms with Crippen molar-refractivity contribution in [2.45, 2.75) is 13.2 Å². The number of pyridine rings is 1. The summed E-state index contributed by atoms with van der Waals surface area (Å²) >= 11 is 0. The van der Waals surface area contributed by atoms with E-state index in [2.05, 4.69) is 15.2 Å². The van der Waals surface area contributed by atoms with E-state index in [1.807, 2.05) is 36.4 Å². The summed E-state index contributed by atoms with van der Waals surface area (Å²) < 4.78 is 16.8. The summed E-state index contributed by atoms with van der Waals surface area (Å²) in [6, 6.07) is 16.6. The number of aromatic nitrogens is 1. The van der Waals surface area contributed by atoms with Crippen LogP contribution >= 0.6 is 0 Å². The lowest BCUT2D eigenvalue weighted by molar-refractivity contribution is 0.0339. The number of nitrogens with two attached hydrogens (primary N) is 1. The normalized spacial score (nSPS) is 14.0. The second-order valence-electron chi connectivity index (χ2n) is 7.70. The molecule has 2 aromatic carbocycles. The van der Waals surface area contributed by atoms with Gasteiger partial charge in [-0.05, 0) is 30.3 Å². The molecule has 8 heteroatoms. The zero-order valence-corrected chi connectivity index (χ0v) is 18.6. The topological polar surface area (TPSA) is 98.9 Å². The van der Waals surface area contributed by atoms with E-state index in [4.69, 9.17) is 19.9 Å². The van der Waals surface area contributed by atoms with Gasteiger partial charge in [0, 0.05) is 48.2 Å². The van der Waals surface area contributed by atoms with Crippen molar-refractivity contribution in [2.75, 3.05) is 44.5 Å². The van der Waals surface area contributed by atoms with Crippen LogP contribution in [-0.4, -0.2) is 49.2 Å². The number of para-hydroxylation sites is 1. The van der Waals surface area contributed by atoms with E-state index in [9.17, 15) is 4.79 Å². The zero-order valence-electron chi connectivity index (χ0n) is 18.6. The van der Waals surface area contributed by atoms with E-state index >= 15 is 0 Å². The molecule has 1 aliphatic heterocycles. The second-order valence-corrected chi connectivity index (χ2v) is 7.70. The first kappa shape index (κ1) is 22.6. The Hall–Kier alpha value is -3.62. The van der Waals surface area contributed by atoms with Crippen molar-refractivity contribution >= 4 is 17.4 Å². The molecule has 0 bridgehead atoms. The number of nitrogens with zero attached hydrogens (tertiary/aromatic N) is 2. The van der Waals surface area contributed by atoms with Crippen molar-refractivity contribution in [1.82, 2.24) is 9.88 Å². The maximum atomic E-state index is 13.0. The molecule has 0 radical (unpaired) electrons. The van der Waals surface area contributed by atoms with Crippen LogP contribution in [-0.2, 0) is 17.9 Å². The molecule has 0 unspecified atom stereocenters. The Morgan fingerprint density at radius 1 is 1.09 bits per heavy atom. The van der Waals surface area contributed by atoms with E-state index in [0.29, 0.717) is 28.6 Å². The molecular formula is C25H28N4O4. The maximum absolute atomic E-state index is 13.0. The largest absolute Gasteiger partial charge is 0.496 e. The quantitative estimate of drug-likeness (QED) is 0.545. The van der Waals surface area contributed by atoms with Crippen molar-refractivity contribution in [3.63, 3.8) is 0 Å². The summed E-state index contributed by atoms with van der Waals surface area (Å²) in [4.78, 5) is 19.3. The number of rotatable bonds is 8. The van der Waals surface area contributed by atoms with Crippen LogP contribution in [0.2, 0.25) is 0 Å². The number of carbonyl (C=O) groups is 1. The highest BCUT2D eigenvalue weighted by molar-refractivity contribution is 6.05. The summed E-state index contributed by atoms with van der Waals surface area (Å²) in [6.45, 7) is 4.24. The minimum atomic E-state index is -0.223. The molecule has 1 aromatic heterocycles. The highest BCUT2D eigenvalue weighted by Crippen LogP contribution is 2.25. The number of carbonyl (C=O) groups excluding carboxylic acids is 1. The summed E-state index contributed by atoms with van der Waals surface area (Å²) in [5.74, 6) is 1.29. The molecule has 0 spiro atoms. The molecule has 3 N–H and O–H groups in total. The molecule has 1 aliphatic rings. The van der Waals surface area contributed by atoms with Gasteiger partial charge in [0.05, 0.1) is 20.3 Å². The summed E-state index contributed by atoms with van der Waals surface area (Å²) in [5.41, 5.74) is 8.90. The standard InChI is InChI=1S/C25H28N4O4/c1-31-23-15-18(8-9-19(23)16-29-11-13-32-14-12-29)25(30)28-21-6-3-2-5-20(21)17-33-22-7-4-10-27-24(22)26/h2-10,15H,11-14,16-17H2,1H3,(H2,26,27)(H,28,30). The predicted molar refractivity (Wildman–Crippen MR) is 126 cm³/mol. The fraction of sp³-hybridized carbons (Fsp3) is 0.280. The van der Waals surface area contributed by atoms with Crippen LogP contribution in [0.5, 0.6) is 11.5 Å². The van der Waals surface area contributed by atoms with Gasteiger partial charge in [0.25, 0.3) is 5.91 Å². The van der Waals surface area contributed by atoms with Crippen LogP contribution < -0.4 is 20.5 Å². The van der Waals surface area contributed by atoms with Crippen molar-refractivity contribution < 1.29 is 19.0 Å². The number of ether oxygens (including phenoxy) is 3. The second kappa shape index (κ2) is 10.8. The van der Waals surface area contributed by atoms with Crippen molar-refractivity contribution in [3.8, 4) is 11.5 Å². The van der Waals surface area contributed by atoms with Gasteiger partial charge >= 0.3 is 0 Å². The molecule has 33 heavy (non-hydrogen) atoms. The number of nitrogen functional groups attached to an aromatic ring is 1. The number of benzene rings is 2. The smallest absolute Gasteiger partial charge is 0.255 e. The van der Waals surface area contributed by atoms with E-state index in [0.717, 1.165) is 44.0 Å². The Kier molecular flexibility index (Phi) is 7.39. The lowest BCUT2D eigenvalue weighted by Gasteiger charge is -2.27. The van der Waals surface area contributed by atoms with Gasteiger partial charge in [-0.25, -0.2) is 4.98 Å². The highest BCUT2D eigenvalue weighted by Gasteiger charge is 2.16. The molecule has 8 nitrogen and oxygen atoms in total. The average molecular weight is 449 g/mol. The minimum Gasteiger partial charge on any atom is -0.496 e. The minimum absolute atomic E-state index is 0.223. The monoisotopic (exact) mass is 448 g/mol. The number of methoxy groups -OCH3 is 1. The summed E-state index contributed by atoms with van der Waals surface area (Å²) in [7, 11) is 1.62. The number of morpholine rings is 1. The van der Waals surface area contributed by atoms with Gasteiger partial charge in [0.2, 0.25) is 0 Å². The third kappa shape index (κ3) is 5.79. The Bertz CT molecular complexity index is 1100. The third-order valence-electron chi connectivity index (χ3n) is 5.50. The van der Waals surface area contributed by atoms with Gasteiger partial charge in [-0.2, -0.15) is 0 Å². The van der Waals surface area contributed by atoms with Crippen LogP contribution in [0.4, 0.5) is 11.5 Å². The lowest BCUT2D eigenvalue weighted by Crippen LogP contribution is -2.35. The van der Waals surface area contributed by atoms with E-state index in [1.54, 1.807) is 31.5 Å². The molecule has 172 valence electrons. The van der Waals surface area contributed by atoms with Gasteiger partial charge in [-0.15, -0.1) is 0 Å². The number of anilines is 2. The lowest BCUT2D eigenvalue weighted by atomic mass is 10.1. The fourth-order valence-electron chi connectivity index (χ4n) is 3.66. The fourth-order valence-corrected chi connectivity index (χ4v) is 3.66. The predicted octanol–water partition coefficient (Wildman–Crippen LogP) is 3.34. The molecule has 1 saturated heterocycles. The first-order valence-electron chi connectivity index (χ1n) is 10.8. The molecule has 0 atom stereocenters. The Balaban J connectivity index is 1.45. The van der Waals surface area contributed by atoms with Crippen LogP contribution in [0, 0.1) is 0 Å². The van der Waals surface area contributed by atoms with Crippen LogP contribution in [0.3, 0.4) is 0 Å². The number of amides is 1. The van der Waals surface area contributed by atoms with E-state index in [-0.39, 0.29) is 12.5 Å².